The van der Waals surface area contributed by atoms with Crippen LogP contribution in [-0.4, -0.2) is 23.8 Å². The maximum absolute atomic E-state index is 5.78. The van der Waals surface area contributed by atoms with Crippen molar-refractivity contribution in [2.75, 3.05) is 13.2 Å². The number of hydrogen-bond donors (Lipinski definition) is 1. The van der Waals surface area contributed by atoms with E-state index in [2.05, 4.69) is 47.3 Å². The van der Waals surface area contributed by atoms with Crippen LogP contribution in [0.4, 0.5) is 0 Å². The van der Waals surface area contributed by atoms with Crippen molar-refractivity contribution in [1.82, 2.24) is 9.88 Å². The Labute approximate surface area is 120 Å². The minimum absolute atomic E-state index is 0.391. The quantitative estimate of drug-likeness (QED) is 0.816. The summed E-state index contributed by atoms with van der Waals surface area (Å²) in [4.78, 5) is 0. The van der Waals surface area contributed by atoms with E-state index in [1.54, 1.807) is 0 Å². The molecule has 20 heavy (non-hydrogen) atoms. The molecule has 1 aromatic heterocycles. The fourth-order valence-electron chi connectivity index (χ4n) is 3.02. The number of rotatable bonds is 6. The molecule has 3 heteroatoms. The topological polar surface area (TPSA) is 26.2 Å². The van der Waals surface area contributed by atoms with Gasteiger partial charge in [0.25, 0.3) is 0 Å². The highest BCUT2D eigenvalue weighted by atomic mass is 16.5. The predicted octanol–water partition coefficient (Wildman–Crippen LogP) is 3.32. The molecule has 3 nitrogen and oxygen atoms in total. The number of benzene rings is 1. The summed E-state index contributed by atoms with van der Waals surface area (Å²) in [6, 6.07) is 8.69. The fraction of sp³-hybridized carbons (Fsp3) is 0.529. The maximum Gasteiger partial charge on any atom is 0.0754 e. The van der Waals surface area contributed by atoms with Gasteiger partial charge in [0.15, 0.2) is 0 Å². The monoisotopic (exact) mass is 272 g/mol. The fourth-order valence-corrected chi connectivity index (χ4v) is 3.02. The van der Waals surface area contributed by atoms with Crippen LogP contribution in [0.1, 0.15) is 31.7 Å². The molecule has 1 saturated heterocycles. The second-order valence-corrected chi connectivity index (χ2v) is 5.64. The van der Waals surface area contributed by atoms with Gasteiger partial charge in [-0.2, -0.15) is 0 Å². The van der Waals surface area contributed by atoms with E-state index < -0.39 is 0 Å². The van der Waals surface area contributed by atoms with Crippen LogP contribution in [0, 0.1) is 0 Å². The van der Waals surface area contributed by atoms with Crippen LogP contribution in [0.3, 0.4) is 0 Å². The molecule has 2 heterocycles. The van der Waals surface area contributed by atoms with Crippen molar-refractivity contribution in [3.63, 3.8) is 0 Å². The minimum atomic E-state index is 0.391. The summed E-state index contributed by atoms with van der Waals surface area (Å²) in [7, 11) is 0. The lowest BCUT2D eigenvalue weighted by Gasteiger charge is -2.11. The Morgan fingerprint density at radius 1 is 1.35 bits per heavy atom. The van der Waals surface area contributed by atoms with Crippen molar-refractivity contribution in [2.24, 2.45) is 0 Å². The van der Waals surface area contributed by atoms with Crippen LogP contribution in [0.5, 0.6) is 0 Å². The van der Waals surface area contributed by atoms with E-state index in [1.165, 1.54) is 35.7 Å². The largest absolute Gasteiger partial charge is 0.376 e. The van der Waals surface area contributed by atoms with Gasteiger partial charge >= 0.3 is 0 Å². The number of hydrogen-bond acceptors (Lipinski definition) is 2. The molecule has 0 aliphatic carbocycles. The number of ether oxygens (including phenoxy) is 1. The Kier molecular flexibility index (Phi) is 4.38. The van der Waals surface area contributed by atoms with E-state index in [0.29, 0.717) is 6.10 Å². The molecule has 1 aliphatic rings. The maximum atomic E-state index is 5.78. The summed E-state index contributed by atoms with van der Waals surface area (Å²) in [5, 5.41) is 4.88. The molecule has 1 atom stereocenters. The second-order valence-electron chi connectivity index (χ2n) is 5.64. The van der Waals surface area contributed by atoms with E-state index in [1.807, 2.05) is 0 Å². The molecule has 0 amide bonds. The Bertz CT molecular complexity index is 555. The van der Waals surface area contributed by atoms with Gasteiger partial charge in [-0.3, -0.25) is 0 Å². The first-order valence-electron chi connectivity index (χ1n) is 7.77. The zero-order valence-corrected chi connectivity index (χ0v) is 12.3. The van der Waals surface area contributed by atoms with Crippen molar-refractivity contribution < 1.29 is 4.74 Å². The zero-order valence-electron chi connectivity index (χ0n) is 12.3. The van der Waals surface area contributed by atoms with E-state index in [-0.39, 0.29) is 0 Å². The van der Waals surface area contributed by atoms with Gasteiger partial charge in [0.1, 0.15) is 0 Å². The van der Waals surface area contributed by atoms with Gasteiger partial charge in [-0.1, -0.05) is 25.1 Å². The Hall–Kier alpha value is -1.32. The smallest absolute Gasteiger partial charge is 0.0754 e. The number of nitrogens with zero attached hydrogens (tertiary/aromatic N) is 1. The molecule has 1 aromatic carbocycles. The number of para-hydroxylation sites is 1. The molecule has 1 fully saturated rings. The molecule has 0 radical (unpaired) electrons. The first kappa shape index (κ1) is 13.7. The van der Waals surface area contributed by atoms with Gasteiger partial charge in [-0.25, -0.2) is 0 Å². The summed E-state index contributed by atoms with van der Waals surface area (Å²) in [6.45, 7) is 6.13. The molecule has 2 aromatic rings. The number of nitrogens with one attached hydrogen (secondary N) is 1. The highest BCUT2D eigenvalue weighted by Gasteiger charge is 2.17. The van der Waals surface area contributed by atoms with Crippen LogP contribution in [0.25, 0.3) is 10.9 Å². The molecule has 1 unspecified atom stereocenters. The molecule has 0 spiro atoms. The summed E-state index contributed by atoms with van der Waals surface area (Å²) in [6.07, 6.45) is 6.26. The third-order valence-electron chi connectivity index (χ3n) is 4.04. The third-order valence-corrected chi connectivity index (χ3v) is 4.04. The van der Waals surface area contributed by atoms with Crippen LogP contribution in [-0.2, 0) is 17.8 Å². The Morgan fingerprint density at radius 3 is 3.05 bits per heavy atom. The lowest BCUT2D eigenvalue weighted by Crippen LogP contribution is -2.15. The standard InChI is InChI=1S/C17H24N2O/c1-2-9-18-11-14-12-19(13-15-6-5-10-20-15)17-8-4-3-7-16(14)17/h3-4,7-8,12,15,18H,2,5-6,9-11,13H2,1H3. The minimum Gasteiger partial charge on any atom is -0.376 e. The lowest BCUT2D eigenvalue weighted by molar-refractivity contribution is 0.0980. The lowest BCUT2D eigenvalue weighted by atomic mass is 10.2. The van der Waals surface area contributed by atoms with Gasteiger partial charge in [-0.05, 0) is 37.4 Å². The van der Waals surface area contributed by atoms with Crippen molar-refractivity contribution in [3.8, 4) is 0 Å². The van der Waals surface area contributed by atoms with Crippen molar-refractivity contribution >= 4 is 10.9 Å². The van der Waals surface area contributed by atoms with Gasteiger partial charge in [0.2, 0.25) is 0 Å². The van der Waals surface area contributed by atoms with Crippen LogP contribution in [0.15, 0.2) is 30.5 Å². The van der Waals surface area contributed by atoms with Crippen molar-refractivity contribution in [3.05, 3.63) is 36.0 Å². The van der Waals surface area contributed by atoms with E-state index in [9.17, 15) is 0 Å². The van der Waals surface area contributed by atoms with E-state index in [0.717, 1.165) is 26.2 Å². The SMILES string of the molecule is CCCNCc1cn(CC2CCCO2)c2ccccc12. The molecular formula is C17H24N2O. The highest BCUT2D eigenvalue weighted by molar-refractivity contribution is 5.83. The molecule has 0 bridgehead atoms. The van der Waals surface area contributed by atoms with Gasteiger partial charge in [0.05, 0.1) is 6.10 Å². The summed E-state index contributed by atoms with van der Waals surface area (Å²) < 4.78 is 8.15. The number of fused-ring (bicyclic) bond motifs is 1. The first-order chi connectivity index (χ1) is 9.88. The molecule has 0 saturated carbocycles. The number of aromatic nitrogens is 1. The Morgan fingerprint density at radius 2 is 2.25 bits per heavy atom. The predicted molar refractivity (Wildman–Crippen MR) is 82.9 cm³/mol. The molecule has 1 aliphatic heterocycles. The average molecular weight is 272 g/mol. The Balaban J connectivity index is 1.83. The van der Waals surface area contributed by atoms with Crippen molar-refractivity contribution in [1.29, 1.82) is 0 Å². The summed E-state index contributed by atoms with van der Waals surface area (Å²) >= 11 is 0. The first-order valence-corrected chi connectivity index (χ1v) is 7.77. The van der Waals surface area contributed by atoms with Gasteiger partial charge < -0.3 is 14.6 Å². The summed E-state index contributed by atoms with van der Waals surface area (Å²) in [5.41, 5.74) is 2.73. The molecule has 108 valence electrons. The van der Waals surface area contributed by atoms with Gasteiger partial charge in [0, 0.05) is 36.8 Å². The molecular weight excluding hydrogens is 248 g/mol. The third kappa shape index (κ3) is 2.89. The highest BCUT2D eigenvalue weighted by Crippen LogP contribution is 2.23. The van der Waals surface area contributed by atoms with E-state index in [4.69, 9.17) is 4.74 Å². The average Bonchev–Trinajstić information content (AvgIpc) is 3.09. The van der Waals surface area contributed by atoms with Crippen LogP contribution in [0.2, 0.25) is 0 Å². The van der Waals surface area contributed by atoms with Crippen molar-refractivity contribution in [2.45, 2.75) is 45.4 Å². The summed E-state index contributed by atoms with van der Waals surface area (Å²) in [5.74, 6) is 0. The van der Waals surface area contributed by atoms with Crippen LogP contribution < -0.4 is 5.32 Å². The molecule has 1 N–H and O–H groups in total. The van der Waals surface area contributed by atoms with Crippen LogP contribution >= 0.6 is 0 Å². The second kappa shape index (κ2) is 6.42. The molecule has 3 rings (SSSR count). The normalized spacial score (nSPS) is 18.9. The van der Waals surface area contributed by atoms with E-state index >= 15 is 0 Å². The van der Waals surface area contributed by atoms with Gasteiger partial charge in [-0.15, -0.1) is 0 Å². The zero-order chi connectivity index (χ0) is 13.8.